The largest absolute Gasteiger partial charge is 0.480 e. The Kier molecular flexibility index (Phi) is 8.43. The van der Waals surface area contributed by atoms with Gasteiger partial charge in [-0.05, 0) is 61.1 Å². The molecule has 8 heteroatoms. The second-order valence-corrected chi connectivity index (χ2v) is 8.43. The van der Waals surface area contributed by atoms with E-state index in [4.69, 9.17) is 9.84 Å². The van der Waals surface area contributed by atoms with Crippen molar-refractivity contribution in [2.45, 2.75) is 25.6 Å². The number of ether oxygens (including phenoxy) is 1. The highest BCUT2D eigenvalue weighted by molar-refractivity contribution is 7.12. The first-order chi connectivity index (χ1) is 15.4. The summed E-state index contributed by atoms with van der Waals surface area (Å²) in [6.45, 7) is 5.68. The Hall–Kier alpha value is -3.14. The molecule has 0 unspecified atom stereocenters. The lowest BCUT2D eigenvalue weighted by atomic mass is 10.1. The van der Waals surface area contributed by atoms with Gasteiger partial charge in [0.2, 0.25) is 0 Å². The van der Waals surface area contributed by atoms with E-state index in [1.165, 1.54) is 11.8 Å². The fourth-order valence-electron chi connectivity index (χ4n) is 3.02. The summed E-state index contributed by atoms with van der Waals surface area (Å²) in [6.07, 6.45) is -1.21. The van der Waals surface area contributed by atoms with Gasteiger partial charge in [-0.1, -0.05) is 5.92 Å². The minimum atomic E-state index is -1.37. The van der Waals surface area contributed by atoms with E-state index >= 15 is 0 Å². The number of amides is 1. The molecule has 166 valence electrons. The molecule has 3 N–H and O–H groups in total. The Morgan fingerprint density at radius 1 is 1.12 bits per heavy atom. The molecule has 1 fully saturated rings. The Bertz CT molecular complexity index is 1060. The highest BCUT2D eigenvalue weighted by Gasteiger charge is 2.25. The number of carbonyl (C=O) groups excluding carboxylic acids is 1. The van der Waals surface area contributed by atoms with E-state index in [2.05, 4.69) is 40.0 Å². The van der Waals surface area contributed by atoms with Crippen molar-refractivity contribution in [2.24, 2.45) is 0 Å². The van der Waals surface area contributed by atoms with E-state index in [-0.39, 0.29) is 5.56 Å². The molecule has 1 amide bonds. The molecule has 2 aromatic rings. The number of aliphatic hydroxyl groups excluding tert-OH is 1. The fourth-order valence-corrected chi connectivity index (χ4v) is 3.93. The second-order valence-electron chi connectivity index (χ2n) is 7.26. The van der Waals surface area contributed by atoms with Gasteiger partial charge in [-0.3, -0.25) is 9.69 Å². The van der Waals surface area contributed by atoms with Gasteiger partial charge in [0, 0.05) is 35.6 Å². The molecule has 2 heterocycles. The standard InChI is InChI=1S/C24H24N2O5S/c1-17(27)22(24(29)30)25-23(28)19-8-6-18(7-9-19)4-2-3-5-20-10-11-21(32-20)16-26-12-14-31-15-13-26/h6-11,17,22,27H,12-16H2,1H3,(H,25,28)(H,29,30)/t17-,22+/m1/s1. The molecule has 1 aromatic heterocycles. The molecule has 0 saturated carbocycles. The van der Waals surface area contributed by atoms with Crippen molar-refractivity contribution in [3.05, 3.63) is 57.3 Å². The number of carboxylic acid groups (broad SMARTS) is 1. The van der Waals surface area contributed by atoms with Gasteiger partial charge in [-0.2, -0.15) is 0 Å². The highest BCUT2D eigenvalue weighted by Crippen LogP contribution is 2.18. The first-order valence-electron chi connectivity index (χ1n) is 10.1. The van der Waals surface area contributed by atoms with Crippen LogP contribution in [0.1, 0.15) is 32.6 Å². The predicted molar refractivity (Wildman–Crippen MR) is 121 cm³/mol. The van der Waals surface area contributed by atoms with Crippen molar-refractivity contribution >= 4 is 23.2 Å². The molecule has 3 rings (SSSR count). The number of nitrogens with one attached hydrogen (secondary N) is 1. The van der Waals surface area contributed by atoms with Crippen molar-refractivity contribution in [1.82, 2.24) is 10.2 Å². The van der Waals surface area contributed by atoms with E-state index in [0.29, 0.717) is 5.56 Å². The summed E-state index contributed by atoms with van der Waals surface area (Å²) in [5, 5.41) is 20.8. The lowest BCUT2D eigenvalue weighted by molar-refractivity contribution is -0.141. The minimum absolute atomic E-state index is 0.278. The first kappa shape index (κ1) is 23.5. The average molecular weight is 453 g/mol. The normalized spacial score (nSPS) is 15.4. The molecule has 1 aliphatic heterocycles. The molecule has 1 aromatic carbocycles. The summed E-state index contributed by atoms with van der Waals surface area (Å²) in [5.74, 6) is 9.76. The number of nitrogens with zero attached hydrogens (tertiary/aromatic N) is 1. The molecule has 0 spiro atoms. The second kappa shape index (κ2) is 11.5. The van der Waals surface area contributed by atoms with Gasteiger partial charge in [-0.25, -0.2) is 4.79 Å². The Morgan fingerprint density at radius 2 is 1.81 bits per heavy atom. The van der Waals surface area contributed by atoms with Crippen LogP contribution >= 0.6 is 11.3 Å². The fraction of sp³-hybridized carbons (Fsp3) is 0.333. The van der Waals surface area contributed by atoms with Crippen LogP contribution < -0.4 is 5.32 Å². The highest BCUT2D eigenvalue weighted by atomic mass is 32.1. The number of thiophene rings is 1. The van der Waals surface area contributed by atoms with Gasteiger partial charge in [-0.15, -0.1) is 11.3 Å². The molecular formula is C24H24N2O5S. The van der Waals surface area contributed by atoms with Crippen LogP contribution in [-0.4, -0.2) is 65.4 Å². The Balaban J connectivity index is 1.55. The van der Waals surface area contributed by atoms with E-state index in [0.717, 1.165) is 37.7 Å². The maximum absolute atomic E-state index is 12.2. The summed E-state index contributed by atoms with van der Waals surface area (Å²) in [4.78, 5) is 27.8. The average Bonchev–Trinajstić information content (AvgIpc) is 3.22. The zero-order valence-corrected chi connectivity index (χ0v) is 18.4. The van der Waals surface area contributed by atoms with Gasteiger partial charge in [0.1, 0.15) is 0 Å². The monoisotopic (exact) mass is 452 g/mol. The number of hydrogen-bond donors (Lipinski definition) is 3. The molecule has 1 aliphatic rings. The third kappa shape index (κ3) is 6.94. The smallest absolute Gasteiger partial charge is 0.328 e. The Labute approximate surface area is 191 Å². The summed E-state index contributed by atoms with van der Waals surface area (Å²) in [5.41, 5.74) is 0.959. The Morgan fingerprint density at radius 3 is 2.47 bits per heavy atom. The third-order valence-electron chi connectivity index (χ3n) is 4.78. The molecule has 0 bridgehead atoms. The van der Waals surface area contributed by atoms with Crippen molar-refractivity contribution in [2.75, 3.05) is 26.3 Å². The zero-order chi connectivity index (χ0) is 22.9. The molecule has 0 radical (unpaired) electrons. The van der Waals surface area contributed by atoms with E-state index in [1.807, 2.05) is 6.07 Å². The summed E-state index contributed by atoms with van der Waals surface area (Å²) < 4.78 is 5.37. The van der Waals surface area contributed by atoms with Crippen molar-refractivity contribution in [3.8, 4) is 23.7 Å². The van der Waals surface area contributed by atoms with Crippen molar-refractivity contribution in [1.29, 1.82) is 0 Å². The quantitative estimate of drug-likeness (QED) is 0.576. The lowest BCUT2D eigenvalue weighted by Crippen LogP contribution is -2.47. The number of morpholine rings is 1. The van der Waals surface area contributed by atoms with E-state index < -0.39 is 24.0 Å². The van der Waals surface area contributed by atoms with Gasteiger partial charge in [0.15, 0.2) is 6.04 Å². The third-order valence-corrected chi connectivity index (χ3v) is 5.77. The number of carbonyl (C=O) groups is 2. The number of carboxylic acids is 1. The molecule has 2 atom stereocenters. The molecule has 32 heavy (non-hydrogen) atoms. The van der Waals surface area contributed by atoms with E-state index in [9.17, 15) is 14.7 Å². The maximum Gasteiger partial charge on any atom is 0.328 e. The number of rotatable bonds is 6. The van der Waals surface area contributed by atoms with Crippen molar-refractivity contribution in [3.63, 3.8) is 0 Å². The molecular weight excluding hydrogens is 428 g/mol. The number of hydrogen-bond acceptors (Lipinski definition) is 6. The SMILES string of the molecule is C[C@@H](O)[C@H](NC(=O)c1ccc(C#CC#Cc2ccc(CN3CCOCC3)s2)cc1)C(=O)O. The van der Waals surface area contributed by atoms with Gasteiger partial charge in [0.05, 0.1) is 24.2 Å². The number of benzene rings is 1. The summed E-state index contributed by atoms with van der Waals surface area (Å²) in [7, 11) is 0. The van der Waals surface area contributed by atoms with Crippen LogP contribution in [-0.2, 0) is 16.1 Å². The van der Waals surface area contributed by atoms with Gasteiger partial charge < -0.3 is 20.3 Å². The van der Waals surface area contributed by atoms with Crippen LogP contribution in [0.3, 0.4) is 0 Å². The summed E-state index contributed by atoms with van der Waals surface area (Å²) in [6, 6.07) is 9.13. The topological polar surface area (TPSA) is 99.1 Å². The lowest BCUT2D eigenvalue weighted by Gasteiger charge is -2.25. The maximum atomic E-state index is 12.2. The minimum Gasteiger partial charge on any atom is -0.480 e. The number of aliphatic hydroxyl groups is 1. The molecule has 7 nitrogen and oxygen atoms in total. The summed E-state index contributed by atoms with van der Waals surface area (Å²) >= 11 is 1.66. The van der Waals surface area contributed by atoms with E-state index in [1.54, 1.807) is 35.6 Å². The first-order valence-corrected chi connectivity index (χ1v) is 11.0. The zero-order valence-electron chi connectivity index (χ0n) is 17.6. The van der Waals surface area contributed by atoms with Crippen LogP contribution in [0, 0.1) is 23.7 Å². The van der Waals surface area contributed by atoms with Gasteiger partial charge >= 0.3 is 5.97 Å². The van der Waals surface area contributed by atoms with Crippen molar-refractivity contribution < 1.29 is 24.5 Å². The van der Waals surface area contributed by atoms with Gasteiger partial charge in [0.25, 0.3) is 5.91 Å². The van der Waals surface area contributed by atoms with Crippen LogP contribution in [0.5, 0.6) is 0 Å². The molecule has 0 aliphatic carbocycles. The van der Waals surface area contributed by atoms with Crippen LogP contribution in [0.25, 0.3) is 0 Å². The number of aliphatic carboxylic acids is 1. The van der Waals surface area contributed by atoms with Crippen LogP contribution in [0.2, 0.25) is 0 Å². The predicted octanol–water partition coefficient (Wildman–Crippen LogP) is 1.55. The van der Waals surface area contributed by atoms with Crippen LogP contribution in [0.4, 0.5) is 0 Å². The van der Waals surface area contributed by atoms with Crippen LogP contribution in [0.15, 0.2) is 36.4 Å². The molecule has 1 saturated heterocycles.